The second kappa shape index (κ2) is 7.87. The monoisotopic (exact) mass is 317 g/mol. The fourth-order valence-electron chi connectivity index (χ4n) is 1.53. The second-order valence-electron chi connectivity index (χ2n) is 4.30. The summed E-state index contributed by atoms with van der Waals surface area (Å²) in [6, 6.07) is 5.09. The zero-order valence-corrected chi connectivity index (χ0v) is 12.0. The van der Waals surface area contributed by atoms with Crippen LogP contribution in [0.5, 0.6) is 0 Å². The molecular formula is C12H16NO7P. The zero-order valence-electron chi connectivity index (χ0n) is 11.1. The van der Waals surface area contributed by atoms with Crippen LogP contribution in [0.25, 0.3) is 0 Å². The predicted octanol–water partition coefficient (Wildman–Crippen LogP) is 1.14. The standard InChI is InChI=1S/C12H16NO7P/c14-11(15)5-4-10(12(16)17)20-21(18,19)8-6-9-3-1-2-7-13-9/h1-3,7,10H,4-6,8H2,(H,14,15)(H,16,17)(H,18,19). The number of hydrogen-bond acceptors (Lipinski definition) is 5. The summed E-state index contributed by atoms with van der Waals surface area (Å²) < 4.78 is 16.5. The molecule has 3 N–H and O–H groups in total. The van der Waals surface area contributed by atoms with Gasteiger partial charge >= 0.3 is 19.5 Å². The van der Waals surface area contributed by atoms with E-state index >= 15 is 0 Å². The molecule has 0 aliphatic rings. The Bertz CT molecular complexity index is 534. The third-order valence-corrected chi connectivity index (χ3v) is 3.94. The van der Waals surface area contributed by atoms with Gasteiger partial charge in [-0.1, -0.05) is 6.07 Å². The first-order valence-electron chi connectivity index (χ1n) is 6.15. The molecule has 1 aromatic rings. The molecule has 0 amide bonds. The minimum absolute atomic E-state index is 0.153. The van der Waals surface area contributed by atoms with E-state index in [1.807, 2.05) is 0 Å². The quantitative estimate of drug-likeness (QED) is 0.577. The maximum atomic E-state index is 11.8. The van der Waals surface area contributed by atoms with Crippen molar-refractivity contribution in [3.63, 3.8) is 0 Å². The van der Waals surface area contributed by atoms with E-state index in [1.165, 1.54) is 6.20 Å². The molecule has 0 fully saturated rings. The van der Waals surface area contributed by atoms with Gasteiger partial charge in [-0.15, -0.1) is 0 Å². The zero-order chi connectivity index (χ0) is 15.9. The molecule has 2 atom stereocenters. The van der Waals surface area contributed by atoms with Crippen molar-refractivity contribution in [3.05, 3.63) is 30.1 Å². The summed E-state index contributed by atoms with van der Waals surface area (Å²) in [5, 5.41) is 17.4. The predicted molar refractivity (Wildman–Crippen MR) is 72.0 cm³/mol. The van der Waals surface area contributed by atoms with Gasteiger partial charge in [-0.25, -0.2) is 4.79 Å². The summed E-state index contributed by atoms with van der Waals surface area (Å²) in [5.74, 6) is -2.67. The molecule has 0 radical (unpaired) electrons. The van der Waals surface area contributed by atoms with E-state index in [-0.39, 0.29) is 19.0 Å². The van der Waals surface area contributed by atoms with Gasteiger partial charge in [0.25, 0.3) is 0 Å². The van der Waals surface area contributed by atoms with Gasteiger partial charge in [0.05, 0.1) is 6.16 Å². The lowest BCUT2D eigenvalue weighted by molar-refractivity contribution is -0.146. The maximum absolute atomic E-state index is 11.8. The fraction of sp³-hybridized carbons (Fsp3) is 0.417. The highest BCUT2D eigenvalue weighted by Crippen LogP contribution is 2.44. The highest BCUT2D eigenvalue weighted by molar-refractivity contribution is 7.52. The topological polar surface area (TPSA) is 134 Å². The Labute approximate surface area is 120 Å². The fourth-order valence-corrected chi connectivity index (χ4v) is 2.74. The lowest BCUT2D eigenvalue weighted by atomic mass is 10.2. The summed E-state index contributed by atoms with van der Waals surface area (Å²) in [5.41, 5.74) is 0.577. The molecule has 0 aliphatic heterocycles. The van der Waals surface area contributed by atoms with Crippen LogP contribution in [0.15, 0.2) is 24.4 Å². The van der Waals surface area contributed by atoms with Gasteiger partial charge in [0.1, 0.15) is 0 Å². The number of rotatable bonds is 9. The minimum atomic E-state index is -4.14. The van der Waals surface area contributed by atoms with Crippen LogP contribution in [0, 0.1) is 0 Å². The van der Waals surface area contributed by atoms with Gasteiger partial charge in [-0.3, -0.25) is 18.9 Å². The number of carbonyl (C=O) groups is 2. The molecular weight excluding hydrogens is 301 g/mol. The molecule has 0 aromatic carbocycles. The lowest BCUT2D eigenvalue weighted by Crippen LogP contribution is -2.24. The minimum Gasteiger partial charge on any atom is -0.481 e. The van der Waals surface area contributed by atoms with Crippen molar-refractivity contribution in [3.8, 4) is 0 Å². The summed E-state index contributed by atoms with van der Waals surface area (Å²) >= 11 is 0. The third-order valence-electron chi connectivity index (χ3n) is 2.56. The Hall–Kier alpha value is -1.76. The van der Waals surface area contributed by atoms with Crippen molar-refractivity contribution in [1.29, 1.82) is 0 Å². The van der Waals surface area contributed by atoms with Gasteiger partial charge in [-0.05, 0) is 18.6 Å². The number of aryl methyl sites for hydroxylation is 1. The molecule has 0 saturated heterocycles. The Balaban J connectivity index is 2.57. The van der Waals surface area contributed by atoms with Crippen LogP contribution >= 0.6 is 7.60 Å². The molecule has 1 rings (SSSR count). The Morgan fingerprint density at radius 1 is 1.33 bits per heavy atom. The summed E-state index contributed by atoms with van der Waals surface area (Å²) in [7, 11) is -4.14. The molecule has 0 saturated carbocycles. The Morgan fingerprint density at radius 3 is 2.57 bits per heavy atom. The average Bonchev–Trinajstić information content (AvgIpc) is 2.42. The van der Waals surface area contributed by atoms with E-state index in [4.69, 9.17) is 14.7 Å². The van der Waals surface area contributed by atoms with Gasteiger partial charge in [0.15, 0.2) is 6.10 Å². The molecule has 116 valence electrons. The smallest absolute Gasteiger partial charge is 0.333 e. The van der Waals surface area contributed by atoms with Gasteiger partial charge in [0.2, 0.25) is 0 Å². The Kier molecular flexibility index (Phi) is 6.48. The number of carboxylic acid groups (broad SMARTS) is 2. The van der Waals surface area contributed by atoms with Crippen LogP contribution in [0.4, 0.5) is 0 Å². The van der Waals surface area contributed by atoms with Crippen molar-refractivity contribution in [2.24, 2.45) is 0 Å². The van der Waals surface area contributed by atoms with Crippen LogP contribution in [0.2, 0.25) is 0 Å². The first-order valence-corrected chi connectivity index (χ1v) is 7.91. The highest BCUT2D eigenvalue weighted by atomic mass is 31.2. The summed E-state index contributed by atoms with van der Waals surface area (Å²) in [6.07, 6.45) is -1.07. The number of hydrogen-bond donors (Lipinski definition) is 3. The van der Waals surface area contributed by atoms with Crippen molar-refractivity contribution >= 4 is 19.5 Å². The molecule has 1 aromatic heterocycles. The molecule has 0 spiro atoms. The van der Waals surface area contributed by atoms with E-state index in [1.54, 1.807) is 18.2 Å². The van der Waals surface area contributed by atoms with E-state index in [9.17, 15) is 19.0 Å². The largest absolute Gasteiger partial charge is 0.481 e. The van der Waals surface area contributed by atoms with Crippen molar-refractivity contribution in [2.75, 3.05) is 6.16 Å². The van der Waals surface area contributed by atoms with Crippen LogP contribution in [-0.2, 0) is 25.1 Å². The third kappa shape index (κ3) is 6.99. The first kappa shape index (κ1) is 17.3. The average molecular weight is 317 g/mol. The van der Waals surface area contributed by atoms with Gasteiger partial charge in [-0.2, -0.15) is 0 Å². The van der Waals surface area contributed by atoms with E-state index < -0.39 is 32.1 Å². The number of aliphatic carboxylic acids is 2. The second-order valence-corrected chi connectivity index (χ2v) is 6.23. The highest BCUT2D eigenvalue weighted by Gasteiger charge is 2.29. The molecule has 0 bridgehead atoms. The normalized spacial score (nSPS) is 15.1. The molecule has 2 unspecified atom stereocenters. The van der Waals surface area contributed by atoms with Crippen molar-refractivity contribution in [1.82, 2.24) is 4.98 Å². The van der Waals surface area contributed by atoms with Crippen LogP contribution in [0.1, 0.15) is 18.5 Å². The van der Waals surface area contributed by atoms with Crippen LogP contribution < -0.4 is 0 Å². The van der Waals surface area contributed by atoms with Gasteiger partial charge < -0.3 is 15.1 Å². The van der Waals surface area contributed by atoms with E-state index in [0.717, 1.165) is 0 Å². The van der Waals surface area contributed by atoms with Crippen LogP contribution in [-0.4, -0.2) is 44.3 Å². The SMILES string of the molecule is O=C(O)CCC(OP(=O)(O)CCc1ccccn1)C(=O)O. The molecule has 8 nitrogen and oxygen atoms in total. The molecule has 0 aliphatic carbocycles. The number of carboxylic acids is 2. The number of nitrogens with zero attached hydrogens (tertiary/aromatic N) is 1. The molecule has 21 heavy (non-hydrogen) atoms. The summed E-state index contributed by atoms with van der Waals surface area (Å²) in [6.45, 7) is 0. The van der Waals surface area contributed by atoms with E-state index in [0.29, 0.717) is 5.69 Å². The van der Waals surface area contributed by atoms with Crippen molar-refractivity contribution < 1.29 is 33.8 Å². The maximum Gasteiger partial charge on any atom is 0.333 e. The molecule has 9 heteroatoms. The van der Waals surface area contributed by atoms with Crippen molar-refractivity contribution in [2.45, 2.75) is 25.4 Å². The first-order chi connectivity index (χ1) is 9.80. The molecule has 1 heterocycles. The lowest BCUT2D eigenvalue weighted by Gasteiger charge is -2.17. The number of aromatic nitrogens is 1. The van der Waals surface area contributed by atoms with Gasteiger partial charge in [0, 0.05) is 24.7 Å². The van der Waals surface area contributed by atoms with E-state index in [2.05, 4.69) is 4.98 Å². The Morgan fingerprint density at radius 2 is 2.05 bits per heavy atom. The number of pyridine rings is 1. The van der Waals surface area contributed by atoms with Crippen LogP contribution in [0.3, 0.4) is 0 Å². The summed E-state index contributed by atoms with van der Waals surface area (Å²) in [4.78, 5) is 34.9.